The number of likely N-dealkylation sites (tertiary alicyclic amines) is 1. The van der Waals surface area contributed by atoms with Crippen LogP contribution < -0.4 is 10.6 Å². The van der Waals surface area contributed by atoms with Crippen LogP contribution in [-0.2, 0) is 9.53 Å². The fraction of sp³-hybridized carbons (Fsp3) is 0.929. The van der Waals surface area contributed by atoms with Gasteiger partial charge in [0.15, 0.2) is 0 Å². The van der Waals surface area contributed by atoms with Crippen molar-refractivity contribution in [2.45, 2.75) is 37.8 Å². The molecule has 2 saturated heterocycles. The Morgan fingerprint density at radius 3 is 2.74 bits per heavy atom. The Morgan fingerprint density at radius 2 is 2.05 bits per heavy atom. The van der Waals surface area contributed by atoms with Gasteiger partial charge in [0, 0.05) is 31.6 Å². The Hall–Kier alpha value is -0.650. The summed E-state index contributed by atoms with van der Waals surface area (Å²) in [5, 5.41) is 7.24. The van der Waals surface area contributed by atoms with E-state index in [4.69, 9.17) is 4.74 Å². The van der Waals surface area contributed by atoms with Gasteiger partial charge in [-0.3, -0.25) is 4.79 Å². The van der Waals surface area contributed by atoms with E-state index in [1.165, 1.54) is 33.0 Å². The van der Waals surface area contributed by atoms with Gasteiger partial charge in [0.2, 0.25) is 0 Å². The Morgan fingerprint density at radius 1 is 1.32 bits per heavy atom. The van der Waals surface area contributed by atoms with Crippen LogP contribution in [0.15, 0.2) is 0 Å². The van der Waals surface area contributed by atoms with Crippen LogP contribution in [0, 0.1) is 5.92 Å². The summed E-state index contributed by atoms with van der Waals surface area (Å²) in [5.41, 5.74) is 0. The van der Waals surface area contributed by atoms with E-state index in [1.54, 1.807) is 0 Å². The number of rotatable bonds is 4. The number of piperazine rings is 1. The number of carbonyl (C=O) groups is 1. The standard InChI is InChI=1S/C14H27N3O2/c1-17-7-5-11(6-8-17)13-10-15-9-12(16-13)3-4-14(18)19-2/h11-13,15-16H,3-10H2,1-2H3. The largest absolute Gasteiger partial charge is 0.469 e. The molecule has 2 rings (SSSR count). The average Bonchev–Trinajstić information content (AvgIpc) is 2.46. The third-order valence-electron chi connectivity index (χ3n) is 4.46. The average molecular weight is 269 g/mol. The van der Waals surface area contributed by atoms with E-state index in [-0.39, 0.29) is 5.97 Å². The number of carbonyl (C=O) groups excluding carboxylic acids is 1. The smallest absolute Gasteiger partial charge is 0.305 e. The highest BCUT2D eigenvalue weighted by atomic mass is 16.5. The van der Waals surface area contributed by atoms with Crippen molar-refractivity contribution in [1.29, 1.82) is 0 Å². The van der Waals surface area contributed by atoms with Gasteiger partial charge < -0.3 is 20.3 Å². The van der Waals surface area contributed by atoms with Crippen LogP contribution in [0.3, 0.4) is 0 Å². The maximum Gasteiger partial charge on any atom is 0.305 e. The van der Waals surface area contributed by atoms with Crippen molar-refractivity contribution in [1.82, 2.24) is 15.5 Å². The van der Waals surface area contributed by atoms with Crippen LogP contribution in [0.4, 0.5) is 0 Å². The van der Waals surface area contributed by atoms with Gasteiger partial charge in [0.1, 0.15) is 0 Å². The first-order valence-electron chi connectivity index (χ1n) is 7.41. The van der Waals surface area contributed by atoms with E-state index < -0.39 is 0 Å². The minimum atomic E-state index is -0.108. The van der Waals surface area contributed by atoms with Gasteiger partial charge in [-0.15, -0.1) is 0 Å². The summed E-state index contributed by atoms with van der Waals surface area (Å²) in [7, 11) is 3.65. The molecular weight excluding hydrogens is 242 g/mol. The lowest BCUT2D eigenvalue weighted by atomic mass is 9.87. The Balaban J connectivity index is 1.75. The summed E-state index contributed by atoms with van der Waals surface area (Å²) in [6.07, 6.45) is 3.93. The Labute approximate surface area is 116 Å². The molecule has 0 amide bonds. The molecule has 2 fully saturated rings. The maximum atomic E-state index is 11.2. The highest BCUT2D eigenvalue weighted by Crippen LogP contribution is 2.21. The van der Waals surface area contributed by atoms with Crippen molar-refractivity contribution in [3.05, 3.63) is 0 Å². The second-order valence-electron chi connectivity index (χ2n) is 5.88. The van der Waals surface area contributed by atoms with Gasteiger partial charge in [-0.05, 0) is 45.3 Å². The van der Waals surface area contributed by atoms with Crippen molar-refractivity contribution in [3.63, 3.8) is 0 Å². The first kappa shape index (κ1) is 14.8. The molecule has 110 valence electrons. The lowest BCUT2D eigenvalue weighted by molar-refractivity contribution is -0.140. The van der Waals surface area contributed by atoms with Crippen LogP contribution >= 0.6 is 0 Å². The third kappa shape index (κ3) is 4.44. The van der Waals surface area contributed by atoms with Crippen LogP contribution in [0.2, 0.25) is 0 Å². The first-order chi connectivity index (χ1) is 9.19. The Kier molecular flexibility index (Phi) is 5.60. The van der Waals surface area contributed by atoms with Gasteiger partial charge in [-0.25, -0.2) is 0 Å². The zero-order chi connectivity index (χ0) is 13.7. The monoisotopic (exact) mass is 269 g/mol. The minimum absolute atomic E-state index is 0.108. The number of ether oxygens (including phenoxy) is 1. The van der Waals surface area contributed by atoms with E-state index in [0.717, 1.165) is 25.4 Å². The lowest BCUT2D eigenvalue weighted by Crippen LogP contribution is -2.58. The molecule has 0 spiro atoms. The number of piperidine rings is 1. The highest BCUT2D eigenvalue weighted by molar-refractivity contribution is 5.69. The first-order valence-corrected chi connectivity index (χ1v) is 7.41. The fourth-order valence-electron chi connectivity index (χ4n) is 3.15. The fourth-order valence-corrected chi connectivity index (χ4v) is 3.15. The molecule has 0 aromatic rings. The molecule has 0 saturated carbocycles. The van der Waals surface area contributed by atoms with Gasteiger partial charge >= 0.3 is 5.97 Å². The zero-order valence-corrected chi connectivity index (χ0v) is 12.2. The summed E-state index contributed by atoms with van der Waals surface area (Å²) in [6.45, 7) is 4.43. The van der Waals surface area contributed by atoms with Crippen molar-refractivity contribution in [2.75, 3.05) is 40.3 Å². The quantitative estimate of drug-likeness (QED) is 0.715. The summed E-state index contributed by atoms with van der Waals surface area (Å²) in [4.78, 5) is 13.6. The van der Waals surface area contributed by atoms with Crippen molar-refractivity contribution in [3.8, 4) is 0 Å². The molecule has 2 aliphatic rings. The second kappa shape index (κ2) is 7.22. The molecule has 0 radical (unpaired) electrons. The predicted octanol–water partition coefficient (Wildman–Crippen LogP) is 0.211. The van der Waals surface area contributed by atoms with E-state index in [0.29, 0.717) is 18.5 Å². The van der Waals surface area contributed by atoms with Gasteiger partial charge in [0.25, 0.3) is 0 Å². The van der Waals surface area contributed by atoms with E-state index >= 15 is 0 Å². The summed E-state index contributed by atoms with van der Waals surface area (Å²) < 4.78 is 4.70. The maximum absolute atomic E-state index is 11.2. The molecule has 0 bridgehead atoms. The molecule has 2 atom stereocenters. The van der Waals surface area contributed by atoms with Gasteiger partial charge in [-0.2, -0.15) is 0 Å². The summed E-state index contributed by atoms with van der Waals surface area (Å²) >= 11 is 0. The molecule has 2 unspecified atom stereocenters. The third-order valence-corrected chi connectivity index (χ3v) is 4.46. The summed E-state index contributed by atoms with van der Waals surface area (Å²) in [6, 6.07) is 0.961. The molecule has 0 aromatic heterocycles. The van der Waals surface area contributed by atoms with Crippen LogP contribution in [0.1, 0.15) is 25.7 Å². The highest BCUT2D eigenvalue weighted by Gasteiger charge is 2.29. The molecular formula is C14H27N3O2. The lowest BCUT2D eigenvalue weighted by Gasteiger charge is -2.40. The second-order valence-corrected chi connectivity index (χ2v) is 5.88. The van der Waals surface area contributed by atoms with Crippen molar-refractivity contribution >= 4 is 5.97 Å². The molecule has 2 heterocycles. The minimum Gasteiger partial charge on any atom is -0.469 e. The van der Waals surface area contributed by atoms with Crippen LogP contribution in [0.5, 0.6) is 0 Å². The molecule has 19 heavy (non-hydrogen) atoms. The SMILES string of the molecule is COC(=O)CCC1CNCC(C2CCN(C)CC2)N1. The number of nitrogens with one attached hydrogen (secondary N) is 2. The molecule has 5 nitrogen and oxygen atoms in total. The van der Waals surface area contributed by atoms with Gasteiger partial charge in [0.05, 0.1) is 7.11 Å². The Bertz CT molecular complexity index is 290. The van der Waals surface area contributed by atoms with Crippen molar-refractivity contribution in [2.24, 2.45) is 5.92 Å². The van der Waals surface area contributed by atoms with E-state index in [2.05, 4.69) is 22.6 Å². The number of esters is 1. The number of methoxy groups -OCH3 is 1. The van der Waals surface area contributed by atoms with Gasteiger partial charge in [-0.1, -0.05) is 0 Å². The molecule has 0 aromatic carbocycles. The predicted molar refractivity (Wildman–Crippen MR) is 75.1 cm³/mol. The normalized spacial score (nSPS) is 30.2. The zero-order valence-electron chi connectivity index (χ0n) is 12.2. The number of hydrogen-bond acceptors (Lipinski definition) is 5. The molecule has 2 N–H and O–H groups in total. The summed E-state index contributed by atoms with van der Waals surface area (Å²) in [5.74, 6) is 0.660. The van der Waals surface area contributed by atoms with Crippen LogP contribution in [-0.4, -0.2) is 63.3 Å². The van der Waals surface area contributed by atoms with Crippen LogP contribution in [0.25, 0.3) is 0 Å². The number of nitrogens with zero attached hydrogens (tertiary/aromatic N) is 1. The molecule has 2 aliphatic heterocycles. The van der Waals surface area contributed by atoms with E-state index in [9.17, 15) is 4.79 Å². The topological polar surface area (TPSA) is 53.6 Å². The molecule has 0 aliphatic carbocycles. The van der Waals surface area contributed by atoms with Crippen molar-refractivity contribution < 1.29 is 9.53 Å². The number of hydrogen-bond donors (Lipinski definition) is 2. The van der Waals surface area contributed by atoms with E-state index in [1.807, 2.05) is 0 Å². The molecule has 5 heteroatoms.